The first-order chi connectivity index (χ1) is 12.9. The molecule has 0 saturated heterocycles. The summed E-state index contributed by atoms with van der Waals surface area (Å²) in [5, 5.41) is 2.37. The molecule has 0 aliphatic heterocycles. The van der Waals surface area contributed by atoms with Crippen molar-refractivity contribution in [3.8, 4) is 5.69 Å². The number of primary amides is 1. The molecule has 27 heavy (non-hydrogen) atoms. The van der Waals surface area contributed by atoms with Gasteiger partial charge in [0.25, 0.3) is 5.56 Å². The smallest absolute Gasteiger partial charge is 0.318 e. The molecule has 0 saturated carbocycles. The molecule has 0 spiro atoms. The lowest BCUT2D eigenvalue weighted by atomic mass is 10.2. The Kier molecular flexibility index (Phi) is 5.48. The number of thioether (sulfide) groups is 1. The van der Waals surface area contributed by atoms with E-state index in [0.717, 1.165) is 11.8 Å². The van der Waals surface area contributed by atoms with E-state index in [1.807, 2.05) is 5.32 Å². The third-order valence-corrected chi connectivity index (χ3v) is 5.11. The first-order valence-electron chi connectivity index (χ1n) is 7.92. The van der Waals surface area contributed by atoms with E-state index < -0.39 is 17.2 Å². The second-order valence-corrected chi connectivity index (χ2v) is 7.33. The number of imide groups is 1. The van der Waals surface area contributed by atoms with Crippen LogP contribution in [0.5, 0.6) is 0 Å². The average molecular weight is 403 g/mol. The number of halogens is 1. The van der Waals surface area contributed by atoms with Crippen LogP contribution in [0.15, 0.2) is 58.5 Å². The lowest BCUT2D eigenvalue weighted by molar-refractivity contribution is -0.119. The number of rotatable bonds is 4. The summed E-state index contributed by atoms with van der Waals surface area (Å²) in [6, 6.07) is 12.8. The summed E-state index contributed by atoms with van der Waals surface area (Å²) in [5.41, 5.74) is 5.64. The molecule has 0 radical (unpaired) electrons. The van der Waals surface area contributed by atoms with Crippen molar-refractivity contribution in [2.24, 2.45) is 5.73 Å². The maximum atomic E-state index is 13.1. The zero-order chi connectivity index (χ0) is 19.6. The van der Waals surface area contributed by atoms with Gasteiger partial charge in [-0.15, -0.1) is 0 Å². The lowest BCUT2D eigenvalue weighted by Gasteiger charge is -2.16. The molecule has 1 atom stereocenters. The highest BCUT2D eigenvalue weighted by Gasteiger charge is 2.21. The molecule has 1 aromatic heterocycles. The van der Waals surface area contributed by atoms with Crippen molar-refractivity contribution < 1.29 is 9.59 Å². The van der Waals surface area contributed by atoms with Gasteiger partial charge in [0.15, 0.2) is 5.16 Å². The monoisotopic (exact) mass is 402 g/mol. The number of benzene rings is 2. The van der Waals surface area contributed by atoms with E-state index in [0.29, 0.717) is 21.6 Å². The van der Waals surface area contributed by atoms with Gasteiger partial charge in [-0.25, -0.2) is 9.78 Å². The van der Waals surface area contributed by atoms with E-state index in [9.17, 15) is 14.4 Å². The number of carbonyl (C=O) groups is 2. The number of nitrogens with zero attached hydrogens (tertiary/aromatic N) is 2. The summed E-state index contributed by atoms with van der Waals surface area (Å²) in [4.78, 5) is 40.6. The Balaban J connectivity index is 2.17. The Labute approximate surface area is 163 Å². The molecule has 3 rings (SSSR count). The van der Waals surface area contributed by atoms with Gasteiger partial charge in [0.05, 0.1) is 26.9 Å². The Morgan fingerprint density at radius 1 is 1.19 bits per heavy atom. The van der Waals surface area contributed by atoms with E-state index in [4.69, 9.17) is 17.3 Å². The predicted molar refractivity (Wildman–Crippen MR) is 105 cm³/mol. The Morgan fingerprint density at radius 2 is 1.85 bits per heavy atom. The second-order valence-electron chi connectivity index (χ2n) is 5.62. The topological polar surface area (TPSA) is 107 Å². The van der Waals surface area contributed by atoms with E-state index in [1.165, 1.54) is 4.57 Å². The quantitative estimate of drug-likeness (QED) is 0.515. The SMILES string of the molecule is CC(Sc1nc2ccccc2c(=O)n1-c1ccccc1Cl)C(=O)NC(N)=O. The van der Waals surface area contributed by atoms with Gasteiger partial charge in [-0.05, 0) is 31.2 Å². The van der Waals surface area contributed by atoms with Crippen LogP contribution in [0.1, 0.15) is 6.92 Å². The van der Waals surface area contributed by atoms with Gasteiger partial charge in [0.2, 0.25) is 5.91 Å². The molecule has 0 aliphatic rings. The Hall–Kier alpha value is -2.84. The van der Waals surface area contributed by atoms with E-state index in [2.05, 4.69) is 4.98 Å². The van der Waals surface area contributed by atoms with Crippen molar-refractivity contribution in [1.82, 2.24) is 14.9 Å². The molecule has 1 unspecified atom stereocenters. The fraction of sp³-hybridized carbons (Fsp3) is 0.111. The van der Waals surface area contributed by atoms with Gasteiger partial charge in [0.1, 0.15) is 0 Å². The molecule has 3 aromatic rings. The minimum Gasteiger partial charge on any atom is -0.351 e. The number of amides is 3. The molecular formula is C18H15ClN4O3S. The fourth-order valence-corrected chi connectivity index (χ4v) is 3.61. The summed E-state index contributed by atoms with van der Waals surface area (Å²) in [5.74, 6) is -0.583. The maximum absolute atomic E-state index is 13.1. The van der Waals surface area contributed by atoms with E-state index >= 15 is 0 Å². The third-order valence-electron chi connectivity index (χ3n) is 3.74. The minimum absolute atomic E-state index is 0.277. The number of para-hydroxylation sites is 2. The number of urea groups is 1. The molecule has 1 heterocycles. The maximum Gasteiger partial charge on any atom is 0.318 e. The van der Waals surface area contributed by atoms with Gasteiger partial charge in [-0.2, -0.15) is 0 Å². The first-order valence-corrected chi connectivity index (χ1v) is 9.18. The van der Waals surface area contributed by atoms with Crippen LogP contribution in [0.3, 0.4) is 0 Å². The van der Waals surface area contributed by atoms with Crippen LogP contribution in [-0.4, -0.2) is 26.7 Å². The normalized spacial score (nSPS) is 11.9. The summed E-state index contributed by atoms with van der Waals surface area (Å²) in [6.07, 6.45) is 0. The highest BCUT2D eigenvalue weighted by Crippen LogP contribution is 2.28. The average Bonchev–Trinajstić information content (AvgIpc) is 2.62. The van der Waals surface area contributed by atoms with Crippen molar-refractivity contribution in [2.45, 2.75) is 17.3 Å². The molecule has 3 amide bonds. The molecule has 9 heteroatoms. The van der Waals surface area contributed by atoms with Gasteiger partial charge in [0, 0.05) is 0 Å². The van der Waals surface area contributed by atoms with Crippen LogP contribution in [0.4, 0.5) is 4.79 Å². The highest BCUT2D eigenvalue weighted by atomic mass is 35.5. The second kappa shape index (κ2) is 7.81. The van der Waals surface area contributed by atoms with Crippen LogP contribution in [0.25, 0.3) is 16.6 Å². The summed E-state index contributed by atoms with van der Waals surface area (Å²) in [6.45, 7) is 1.58. The molecule has 0 aliphatic carbocycles. The van der Waals surface area contributed by atoms with Gasteiger partial charge in [-0.1, -0.05) is 47.6 Å². The third kappa shape index (κ3) is 3.96. The molecular weight excluding hydrogens is 388 g/mol. The first kappa shape index (κ1) is 18.9. The van der Waals surface area contributed by atoms with Crippen LogP contribution in [0.2, 0.25) is 5.02 Å². The number of nitrogens with one attached hydrogen (secondary N) is 1. The lowest BCUT2D eigenvalue weighted by Crippen LogP contribution is -2.39. The van der Waals surface area contributed by atoms with Crippen molar-refractivity contribution in [3.63, 3.8) is 0 Å². The number of hydrogen-bond donors (Lipinski definition) is 2. The Bertz CT molecular complexity index is 1100. The largest absolute Gasteiger partial charge is 0.351 e. The van der Waals surface area contributed by atoms with Crippen LogP contribution in [-0.2, 0) is 4.79 Å². The molecule has 138 valence electrons. The molecule has 2 aromatic carbocycles. The van der Waals surface area contributed by atoms with Crippen molar-refractivity contribution in [2.75, 3.05) is 0 Å². The summed E-state index contributed by atoms with van der Waals surface area (Å²) >= 11 is 7.31. The minimum atomic E-state index is -0.942. The van der Waals surface area contributed by atoms with E-state index in [1.54, 1.807) is 55.5 Å². The van der Waals surface area contributed by atoms with E-state index in [-0.39, 0.29) is 10.7 Å². The summed E-state index contributed by atoms with van der Waals surface area (Å²) in [7, 11) is 0. The van der Waals surface area contributed by atoms with Gasteiger partial charge in [-0.3, -0.25) is 19.5 Å². The number of fused-ring (bicyclic) bond motifs is 1. The van der Waals surface area contributed by atoms with Crippen molar-refractivity contribution >= 4 is 46.2 Å². The zero-order valence-electron chi connectivity index (χ0n) is 14.2. The fourth-order valence-electron chi connectivity index (χ4n) is 2.47. The number of hydrogen-bond acceptors (Lipinski definition) is 5. The van der Waals surface area contributed by atoms with Crippen LogP contribution in [0, 0.1) is 0 Å². The van der Waals surface area contributed by atoms with Crippen LogP contribution >= 0.6 is 23.4 Å². The standard InChI is InChI=1S/C18H15ClN4O3S/c1-10(15(24)22-17(20)26)27-18-21-13-8-4-2-6-11(13)16(25)23(18)14-9-5-3-7-12(14)19/h2-10H,1H3,(H3,20,22,24,26). The highest BCUT2D eigenvalue weighted by molar-refractivity contribution is 8.00. The molecule has 0 fully saturated rings. The Morgan fingerprint density at radius 3 is 2.56 bits per heavy atom. The van der Waals surface area contributed by atoms with Gasteiger partial charge >= 0.3 is 6.03 Å². The number of carbonyl (C=O) groups excluding carboxylic acids is 2. The molecule has 7 nitrogen and oxygen atoms in total. The number of aromatic nitrogens is 2. The predicted octanol–water partition coefficient (Wildman–Crippen LogP) is 2.71. The molecule has 3 N–H and O–H groups in total. The van der Waals surface area contributed by atoms with Crippen LogP contribution < -0.4 is 16.6 Å². The summed E-state index contributed by atoms with van der Waals surface area (Å²) < 4.78 is 1.36. The number of nitrogens with two attached hydrogens (primary N) is 1. The zero-order valence-corrected chi connectivity index (χ0v) is 15.8. The molecule has 0 bridgehead atoms. The van der Waals surface area contributed by atoms with Gasteiger partial charge < -0.3 is 5.73 Å². The van der Waals surface area contributed by atoms with Crippen molar-refractivity contribution in [3.05, 3.63) is 63.9 Å². The van der Waals surface area contributed by atoms with Crippen molar-refractivity contribution in [1.29, 1.82) is 0 Å².